The van der Waals surface area contributed by atoms with Crippen LogP contribution in [-0.2, 0) is 4.79 Å². The quantitative estimate of drug-likeness (QED) is 0.433. The van der Waals surface area contributed by atoms with Crippen LogP contribution in [0.15, 0.2) is 54.2 Å². The van der Waals surface area contributed by atoms with Gasteiger partial charge in [-0.05, 0) is 37.3 Å². The fraction of sp³-hybridized carbons (Fsp3) is 0.158. The Morgan fingerprint density at radius 2 is 2.21 bits per heavy atom. The first kappa shape index (κ1) is 19.3. The van der Waals surface area contributed by atoms with Gasteiger partial charge in [0, 0.05) is 11.1 Å². The molecular formula is C19H17ClN6O2S. The maximum Gasteiger partial charge on any atom is 0.234 e. The van der Waals surface area contributed by atoms with Crippen LogP contribution in [0.25, 0.3) is 16.7 Å². The van der Waals surface area contributed by atoms with Gasteiger partial charge in [0.25, 0.3) is 0 Å². The Balaban J connectivity index is 1.44. The second-order valence-corrected chi connectivity index (χ2v) is 7.39. The van der Waals surface area contributed by atoms with Crippen molar-refractivity contribution in [2.24, 2.45) is 0 Å². The SMILES string of the molecule is CCOc1ccc2nc(SCC(=O)Nc3cc(Cl)ccc3-n3cncn3)[nH]c2c1. The first-order chi connectivity index (χ1) is 14.1. The number of imidazole rings is 1. The summed E-state index contributed by atoms with van der Waals surface area (Å²) in [6, 6.07) is 10.8. The Labute approximate surface area is 175 Å². The van der Waals surface area contributed by atoms with E-state index >= 15 is 0 Å². The Morgan fingerprint density at radius 3 is 3.00 bits per heavy atom. The minimum absolute atomic E-state index is 0.182. The van der Waals surface area contributed by atoms with Crippen LogP contribution < -0.4 is 10.1 Å². The van der Waals surface area contributed by atoms with Crippen LogP contribution in [0.2, 0.25) is 5.02 Å². The number of aromatic amines is 1. The van der Waals surface area contributed by atoms with Gasteiger partial charge in [-0.15, -0.1) is 0 Å². The molecule has 8 nitrogen and oxygen atoms in total. The zero-order valence-electron chi connectivity index (χ0n) is 15.4. The number of benzene rings is 2. The summed E-state index contributed by atoms with van der Waals surface area (Å²) in [5.41, 5.74) is 2.92. The van der Waals surface area contributed by atoms with Crippen molar-refractivity contribution in [3.05, 3.63) is 54.1 Å². The molecule has 29 heavy (non-hydrogen) atoms. The van der Waals surface area contributed by atoms with Crippen molar-refractivity contribution in [3.8, 4) is 11.4 Å². The molecule has 0 aliphatic heterocycles. The van der Waals surface area contributed by atoms with E-state index in [2.05, 4.69) is 25.4 Å². The molecule has 0 saturated carbocycles. The number of fused-ring (bicyclic) bond motifs is 1. The van der Waals surface area contributed by atoms with Gasteiger partial charge < -0.3 is 15.0 Å². The van der Waals surface area contributed by atoms with Gasteiger partial charge in [0.15, 0.2) is 5.16 Å². The van der Waals surface area contributed by atoms with E-state index in [1.165, 1.54) is 18.1 Å². The number of thioether (sulfide) groups is 1. The maximum atomic E-state index is 12.5. The summed E-state index contributed by atoms with van der Waals surface area (Å²) in [5.74, 6) is 0.773. The van der Waals surface area contributed by atoms with Gasteiger partial charge in [0.1, 0.15) is 18.4 Å². The molecular weight excluding hydrogens is 412 g/mol. The Bertz CT molecular complexity index is 1150. The second-order valence-electron chi connectivity index (χ2n) is 5.99. The Hall–Kier alpha value is -3.04. The number of amides is 1. The number of hydrogen-bond acceptors (Lipinski definition) is 6. The monoisotopic (exact) mass is 428 g/mol. The van der Waals surface area contributed by atoms with Gasteiger partial charge in [-0.1, -0.05) is 23.4 Å². The summed E-state index contributed by atoms with van der Waals surface area (Å²) in [6.07, 6.45) is 2.98. The third-order valence-electron chi connectivity index (χ3n) is 3.98. The Morgan fingerprint density at radius 1 is 1.31 bits per heavy atom. The lowest BCUT2D eigenvalue weighted by molar-refractivity contribution is -0.113. The van der Waals surface area contributed by atoms with E-state index in [0.717, 1.165) is 16.8 Å². The van der Waals surface area contributed by atoms with Gasteiger partial charge in [-0.25, -0.2) is 14.6 Å². The third-order valence-corrected chi connectivity index (χ3v) is 5.09. The van der Waals surface area contributed by atoms with Crippen LogP contribution in [0.4, 0.5) is 5.69 Å². The first-order valence-electron chi connectivity index (χ1n) is 8.82. The molecule has 4 aromatic rings. The highest BCUT2D eigenvalue weighted by Gasteiger charge is 2.12. The van der Waals surface area contributed by atoms with Crippen molar-refractivity contribution in [1.29, 1.82) is 0 Å². The van der Waals surface area contributed by atoms with Crippen molar-refractivity contribution in [2.75, 3.05) is 17.7 Å². The molecule has 4 rings (SSSR count). The van der Waals surface area contributed by atoms with Crippen molar-refractivity contribution in [1.82, 2.24) is 24.7 Å². The van der Waals surface area contributed by atoms with Gasteiger partial charge in [0.2, 0.25) is 5.91 Å². The molecule has 0 atom stereocenters. The van der Waals surface area contributed by atoms with Gasteiger partial charge in [-0.2, -0.15) is 5.10 Å². The zero-order valence-corrected chi connectivity index (χ0v) is 17.0. The summed E-state index contributed by atoms with van der Waals surface area (Å²) in [7, 11) is 0. The van der Waals surface area contributed by atoms with Crippen molar-refractivity contribution >= 4 is 46.0 Å². The summed E-state index contributed by atoms with van der Waals surface area (Å²) in [4.78, 5) is 24.1. The van der Waals surface area contributed by atoms with Crippen LogP contribution in [0.3, 0.4) is 0 Å². The standard InChI is InChI=1S/C19H17ClN6O2S/c1-2-28-13-4-5-14-15(8-13)25-19(24-14)29-9-18(27)23-16-7-12(20)3-6-17(16)26-11-21-10-22-26/h3-8,10-11H,2,9H2,1H3,(H,23,27)(H,24,25). The number of nitrogens with one attached hydrogen (secondary N) is 2. The average molecular weight is 429 g/mol. The van der Waals surface area contributed by atoms with E-state index in [9.17, 15) is 4.79 Å². The second kappa shape index (κ2) is 8.54. The smallest absolute Gasteiger partial charge is 0.234 e. The lowest BCUT2D eigenvalue weighted by Gasteiger charge is -2.11. The fourth-order valence-electron chi connectivity index (χ4n) is 2.75. The van der Waals surface area contributed by atoms with Crippen molar-refractivity contribution < 1.29 is 9.53 Å². The lowest BCUT2D eigenvalue weighted by Crippen LogP contribution is -2.16. The molecule has 148 valence electrons. The molecule has 0 aliphatic rings. The minimum Gasteiger partial charge on any atom is -0.494 e. The number of nitrogens with zero attached hydrogens (tertiary/aromatic N) is 4. The topological polar surface area (TPSA) is 97.7 Å². The number of hydrogen-bond donors (Lipinski definition) is 2. The number of aromatic nitrogens is 5. The normalized spacial score (nSPS) is 11.0. The number of carbonyl (C=O) groups is 1. The van der Waals surface area contributed by atoms with E-state index in [4.69, 9.17) is 16.3 Å². The Kier molecular flexibility index (Phi) is 5.68. The molecule has 0 saturated heterocycles. The van der Waals surface area contributed by atoms with Crippen LogP contribution in [-0.4, -0.2) is 43.0 Å². The summed E-state index contributed by atoms with van der Waals surface area (Å²) in [5, 5.41) is 8.15. The summed E-state index contributed by atoms with van der Waals surface area (Å²) < 4.78 is 7.06. The molecule has 0 bridgehead atoms. The van der Waals surface area contributed by atoms with Gasteiger partial charge in [0.05, 0.1) is 34.8 Å². The molecule has 0 radical (unpaired) electrons. The molecule has 0 spiro atoms. The van der Waals surface area contributed by atoms with Crippen molar-refractivity contribution in [3.63, 3.8) is 0 Å². The number of anilines is 1. The fourth-order valence-corrected chi connectivity index (χ4v) is 3.61. The van der Waals surface area contributed by atoms with Crippen LogP contribution in [0.1, 0.15) is 6.92 Å². The van der Waals surface area contributed by atoms with Crippen molar-refractivity contribution in [2.45, 2.75) is 12.1 Å². The van der Waals surface area contributed by atoms with Crippen LogP contribution in [0.5, 0.6) is 5.75 Å². The van der Waals surface area contributed by atoms with E-state index in [0.29, 0.717) is 28.2 Å². The summed E-state index contributed by atoms with van der Waals surface area (Å²) >= 11 is 7.40. The molecule has 0 aliphatic carbocycles. The van der Waals surface area contributed by atoms with E-state index in [1.54, 1.807) is 29.2 Å². The minimum atomic E-state index is -0.186. The van der Waals surface area contributed by atoms with E-state index in [1.807, 2.05) is 25.1 Å². The van der Waals surface area contributed by atoms with E-state index < -0.39 is 0 Å². The lowest BCUT2D eigenvalue weighted by atomic mass is 10.2. The molecule has 1 amide bonds. The van der Waals surface area contributed by atoms with E-state index in [-0.39, 0.29) is 11.7 Å². The van der Waals surface area contributed by atoms with Crippen LogP contribution in [0, 0.1) is 0 Å². The van der Waals surface area contributed by atoms with Crippen LogP contribution >= 0.6 is 23.4 Å². The number of ether oxygens (including phenoxy) is 1. The highest BCUT2D eigenvalue weighted by atomic mass is 35.5. The molecule has 2 N–H and O–H groups in total. The van der Waals surface area contributed by atoms with Gasteiger partial charge in [-0.3, -0.25) is 4.79 Å². The molecule has 2 heterocycles. The highest BCUT2D eigenvalue weighted by Crippen LogP contribution is 2.26. The predicted octanol–water partition coefficient (Wildman–Crippen LogP) is 3.93. The molecule has 10 heteroatoms. The number of H-pyrrole nitrogens is 1. The molecule has 2 aromatic heterocycles. The summed E-state index contributed by atoms with van der Waals surface area (Å²) in [6.45, 7) is 2.53. The largest absolute Gasteiger partial charge is 0.494 e. The first-order valence-corrected chi connectivity index (χ1v) is 10.2. The number of carbonyl (C=O) groups excluding carboxylic acids is 1. The maximum absolute atomic E-state index is 12.5. The van der Waals surface area contributed by atoms with Gasteiger partial charge >= 0.3 is 0 Å². The molecule has 0 fully saturated rings. The molecule has 0 unspecified atom stereocenters. The predicted molar refractivity (Wildman–Crippen MR) is 113 cm³/mol. The third kappa shape index (κ3) is 4.52. The zero-order chi connectivity index (χ0) is 20.2. The number of rotatable bonds is 7. The average Bonchev–Trinajstić information content (AvgIpc) is 3.36. The number of halogens is 1. The highest BCUT2D eigenvalue weighted by molar-refractivity contribution is 7.99. The molecule has 2 aromatic carbocycles.